The molecule has 0 radical (unpaired) electrons. The Bertz CT molecular complexity index is 394. The van der Waals surface area contributed by atoms with E-state index in [2.05, 4.69) is 43.6 Å². The van der Waals surface area contributed by atoms with E-state index in [0.717, 1.165) is 17.5 Å². The maximum absolute atomic E-state index is 5.73. The molecule has 19 heavy (non-hydrogen) atoms. The Hall–Kier alpha value is -0.670. The third-order valence-electron chi connectivity index (χ3n) is 3.58. The Kier molecular flexibility index (Phi) is 5.59. The standard InChI is InChI=1S/C16H25NOS/c1-12(2)18-15-6-4-5-13(9-15)11-17-14-7-8-16(10-14)19-3/h4-6,9,12,14,16-17H,7-8,10-11H2,1-3H3. The highest BCUT2D eigenvalue weighted by atomic mass is 32.2. The summed E-state index contributed by atoms with van der Waals surface area (Å²) in [4.78, 5) is 0. The molecule has 1 aromatic rings. The van der Waals surface area contributed by atoms with E-state index in [0.29, 0.717) is 6.04 Å². The molecule has 0 spiro atoms. The van der Waals surface area contributed by atoms with Crippen molar-refractivity contribution in [2.24, 2.45) is 0 Å². The summed E-state index contributed by atoms with van der Waals surface area (Å²) in [6.45, 7) is 5.07. The van der Waals surface area contributed by atoms with Crippen LogP contribution in [-0.4, -0.2) is 23.7 Å². The molecule has 106 valence electrons. The van der Waals surface area contributed by atoms with Gasteiger partial charge in [-0.1, -0.05) is 12.1 Å². The first-order valence-corrected chi connectivity index (χ1v) is 8.48. The summed E-state index contributed by atoms with van der Waals surface area (Å²) in [7, 11) is 0. The van der Waals surface area contributed by atoms with E-state index in [1.54, 1.807) is 0 Å². The number of hydrogen-bond acceptors (Lipinski definition) is 3. The predicted octanol–water partition coefficient (Wildman–Crippen LogP) is 3.85. The van der Waals surface area contributed by atoms with Crippen molar-refractivity contribution in [2.45, 2.75) is 57.1 Å². The molecule has 1 aromatic carbocycles. The van der Waals surface area contributed by atoms with Crippen LogP contribution in [0.15, 0.2) is 24.3 Å². The monoisotopic (exact) mass is 279 g/mol. The van der Waals surface area contributed by atoms with Gasteiger partial charge in [0.2, 0.25) is 0 Å². The fourth-order valence-corrected chi connectivity index (χ4v) is 3.40. The molecule has 2 atom stereocenters. The van der Waals surface area contributed by atoms with Crippen LogP contribution in [0.3, 0.4) is 0 Å². The lowest BCUT2D eigenvalue weighted by molar-refractivity contribution is 0.242. The highest BCUT2D eigenvalue weighted by molar-refractivity contribution is 7.99. The van der Waals surface area contributed by atoms with E-state index in [9.17, 15) is 0 Å². The van der Waals surface area contributed by atoms with Crippen LogP contribution in [0.1, 0.15) is 38.7 Å². The van der Waals surface area contributed by atoms with Crippen molar-refractivity contribution in [1.82, 2.24) is 5.32 Å². The van der Waals surface area contributed by atoms with Crippen molar-refractivity contribution in [2.75, 3.05) is 6.26 Å². The second kappa shape index (κ2) is 7.20. The molecular formula is C16H25NOS. The molecule has 1 saturated carbocycles. The van der Waals surface area contributed by atoms with Gasteiger partial charge in [-0.2, -0.15) is 11.8 Å². The van der Waals surface area contributed by atoms with E-state index >= 15 is 0 Å². The van der Waals surface area contributed by atoms with Gasteiger partial charge in [0.25, 0.3) is 0 Å². The van der Waals surface area contributed by atoms with Gasteiger partial charge in [-0.3, -0.25) is 0 Å². The van der Waals surface area contributed by atoms with Crippen LogP contribution < -0.4 is 10.1 Å². The maximum atomic E-state index is 5.73. The van der Waals surface area contributed by atoms with Gasteiger partial charge >= 0.3 is 0 Å². The number of ether oxygens (including phenoxy) is 1. The van der Waals surface area contributed by atoms with Crippen LogP contribution in [0.5, 0.6) is 5.75 Å². The summed E-state index contributed by atoms with van der Waals surface area (Å²) < 4.78 is 5.73. The first-order chi connectivity index (χ1) is 9.17. The summed E-state index contributed by atoms with van der Waals surface area (Å²) >= 11 is 2.01. The molecule has 0 amide bonds. The summed E-state index contributed by atoms with van der Waals surface area (Å²) in [5.74, 6) is 0.975. The molecule has 0 aromatic heterocycles. The average Bonchev–Trinajstić information content (AvgIpc) is 2.84. The molecule has 0 aliphatic heterocycles. The zero-order chi connectivity index (χ0) is 13.7. The maximum Gasteiger partial charge on any atom is 0.120 e. The van der Waals surface area contributed by atoms with Gasteiger partial charge in [-0.25, -0.2) is 0 Å². The lowest BCUT2D eigenvalue weighted by atomic mass is 10.2. The van der Waals surface area contributed by atoms with Gasteiger partial charge in [-0.15, -0.1) is 0 Å². The minimum Gasteiger partial charge on any atom is -0.491 e. The van der Waals surface area contributed by atoms with Gasteiger partial charge in [0.05, 0.1) is 6.10 Å². The van der Waals surface area contributed by atoms with Crippen molar-refractivity contribution in [3.63, 3.8) is 0 Å². The van der Waals surface area contributed by atoms with Crippen LogP contribution in [0.2, 0.25) is 0 Å². The van der Waals surface area contributed by atoms with Gasteiger partial charge in [0.15, 0.2) is 0 Å². The quantitative estimate of drug-likeness (QED) is 0.854. The molecule has 1 N–H and O–H groups in total. The van der Waals surface area contributed by atoms with Crippen LogP contribution in [-0.2, 0) is 6.54 Å². The van der Waals surface area contributed by atoms with Gasteiger partial charge in [0.1, 0.15) is 5.75 Å². The fourth-order valence-electron chi connectivity index (χ4n) is 2.60. The van der Waals surface area contributed by atoms with Crippen molar-refractivity contribution in [1.29, 1.82) is 0 Å². The lowest BCUT2D eigenvalue weighted by Gasteiger charge is -2.14. The summed E-state index contributed by atoms with van der Waals surface area (Å²) in [5.41, 5.74) is 1.31. The lowest BCUT2D eigenvalue weighted by Crippen LogP contribution is -2.26. The molecule has 2 rings (SSSR count). The molecule has 1 aliphatic carbocycles. The molecule has 0 saturated heterocycles. The van der Waals surface area contributed by atoms with Crippen LogP contribution in [0.25, 0.3) is 0 Å². The zero-order valence-corrected chi connectivity index (χ0v) is 13.0. The Balaban J connectivity index is 1.82. The third-order valence-corrected chi connectivity index (χ3v) is 4.68. The highest BCUT2D eigenvalue weighted by Gasteiger charge is 2.23. The number of rotatable bonds is 6. The molecular weight excluding hydrogens is 254 g/mol. The first kappa shape index (κ1) is 14.7. The molecule has 2 nitrogen and oxygen atoms in total. The van der Waals surface area contributed by atoms with Crippen molar-refractivity contribution in [3.05, 3.63) is 29.8 Å². The number of nitrogens with one attached hydrogen (secondary N) is 1. The van der Waals surface area contributed by atoms with E-state index in [1.165, 1.54) is 24.8 Å². The molecule has 3 heteroatoms. The third kappa shape index (κ3) is 4.73. The average molecular weight is 279 g/mol. The molecule has 0 heterocycles. The minimum atomic E-state index is 0.236. The number of benzene rings is 1. The van der Waals surface area contributed by atoms with Gasteiger partial charge in [0, 0.05) is 17.8 Å². The topological polar surface area (TPSA) is 21.3 Å². The SMILES string of the molecule is CSC1CCC(NCc2cccc(OC(C)C)c2)C1. The van der Waals surface area contributed by atoms with Crippen LogP contribution >= 0.6 is 11.8 Å². The van der Waals surface area contributed by atoms with Gasteiger partial charge in [-0.05, 0) is 57.1 Å². The van der Waals surface area contributed by atoms with E-state index in [-0.39, 0.29) is 6.10 Å². The summed E-state index contributed by atoms with van der Waals surface area (Å²) in [6, 6.07) is 9.11. The van der Waals surface area contributed by atoms with Crippen LogP contribution in [0.4, 0.5) is 0 Å². The largest absolute Gasteiger partial charge is 0.491 e. The summed E-state index contributed by atoms with van der Waals surface area (Å²) in [6.07, 6.45) is 6.44. The first-order valence-electron chi connectivity index (χ1n) is 7.19. The Morgan fingerprint density at radius 2 is 2.21 bits per heavy atom. The summed E-state index contributed by atoms with van der Waals surface area (Å²) in [5, 5.41) is 4.53. The van der Waals surface area contributed by atoms with E-state index < -0.39 is 0 Å². The highest BCUT2D eigenvalue weighted by Crippen LogP contribution is 2.28. The molecule has 2 unspecified atom stereocenters. The van der Waals surface area contributed by atoms with E-state index in [4.69, 9.17) is 4.74 Å². The fraction of sp³-hybridized carbons (Fsp3) is 0.625. The van der Waals surface area contributed by atoms with Crippen LogP contribution in [0, 0.1) is 0 Å². The normalized spacial score (nSPS) is 22.9. The molecule has 1 aliphatic rings. The number of thioether (sulfide) groups is 1. The van der Waals surface area contributed by atoms with Crippen molar-refractivity contribution >= 4 is 11.8 Å². The minimum absolute atomic E-state index is 0.236. The van der Waals surface area contributed by atoms with Crippen molar-refractivity contribution in [3.8, 4) is 5.75 Å². The second-order valence-corrected chi connectivity index (χ2v) is 6.70. The smallest absolute Gasteiger partial charge is 0.120 e. The van der Waals surface area contributed by atoms with Crippen molar-refractivity contribution < 1.29 is 4.74 Å². The van der Waals surface area contributed by atoms with E-state index in [1.807, 2.05) is 17.8 Å². The second-order valence-electron chi connectivity index (χ2n) is 5.56. The molecule has 1 fully saturated rings. The predicted molar refractivity (Wildman–Crippen MR) is 84.0 cm³/mol. The Morgan fingerprint density at radius 3 is 2.89 bits per heavy atom. The zero-order valence-electron chi connectivity index (χ0n) is 12.2. The Morgan fingerprint density at radius 1 is 1.37 bits per heavy atom. The number of hydrogen-bond donors (Lipinski definition) is 1. The Labute approximate surface area is 121 Å². The molecule has 0 bridgehead atoms. The van der Waals surface area contributed by atoms with Gasteiger partial charge < -0.3 is 10.1 Å².